The van der Waals surface area contributed by atoms with E-state index in [1.807, 2.05) is 21.1 Å². The summed E-state index contributed by atoms with van der Waals surface area (Å²) in [7, 11) is 5.52. The van der Waals surface area contributed by atoms with Crippen LogP contribution in [0.2, 0.25) is 0 Å². The Labute approximate surface area is 320 Å². The van der Waals surface area contributed by atoms with E-state index in [0.717, 1.165) is 38.5 Å². The highest BCUT2D eigenvalue weighted by atomic mass is 16.6. The zero-order chi connectivity index (χ0) is 38.5. The van der Waals surface area contributed by atoms with Gasteiger partial charge in [0, 0.05) is 19.3 Å². The summed E-state index contributed by atoms with van der Waals surface area (Å²) in [4.78, 5) is 36.7. The van der Waals surface area contributed by atoms with Crippen molar-refractivity contribution in [2.75, 3.05) is 41.0 Å². The van der Waals surface area contributed by atoms with Crippen molar-refractivity contribution >= 4 is 17.9 Å². The molecule has 0 aliphatic carbocycles. The van der Waals surface area contributed by atoms with Crippen LogP contribution in [-0.4, -0.2) is 80.6 Å². The Hall–Kier alpha value is -1.93. The van der Waals surface area contributed by atoms with Gasteiger partial charge in [0.25, 0.3) is 0 Å². The van der Waals surface area contributed by atoms with Gasteiger partial charge in [-0.1, -0.05) is 154 Å². The summed E-state index contributed by atoms with van der Waals surface area (Å²) in [6.45, 7) is 4.70. The third kappa shape index (κ3) is 33.9. The van der Waals surface area contributed by atoms with Crippen molar-refractivity contribution in [1.82, 2.24) is 0 Å². The molecule has 0 aliphatic heterocycles. The molecule has 2 atom stereocenters. The van der Waals surface area contributed by atoms with Crippen LogP contribution >= 0.6 is 0 Å². The second-order valence-corrected chi connectivity index (χ2v) is 16.0. The molecule has 8 heteroatoms. The Balaban J connectivity index is 4.13. The van der Waals surface area contributed by atoms with Gasteiger partial charge in [-0.3, -0.25) is 9.59 Å². The SMILES string of the molecule is CCCCCCCCCCCC/C=C/CCCCCCCCCC(=O)OCC(COCCC(C(=O)O)[N+](C)(C)C)OC(=O)CCCCCCCCC. The van der Waals surface area contributed by atoms with Crippen LogP contribution in [0.15, 0.2) is 12.2 Å². The van der Waals surface area contributed by atoms with E-state index < -0.39 is 18.1 Å². The lowest BCUT2D eigenvalue weighted by Crippen LogP contribution is -2.50. The molecule has 2 unspecified atom stereocenters. The monoisotopic (exact) mass is 739 g/mol. The molecule has 0 heterocycles. The van der Waals surface area contributed by atoms with E-state index in [1.165, 1.54) is 128 Å². The van der Waals surface area contributed by atoms with E-state index in [-0.39, 0.29) is 36.2 Å². The summed E-state index contributed by atoms with van der Waals surface area (Å²) in [6.07, 6.45) is 37.0. The van der Waals surface area contributed by atoms with E-state index in [4.69, 9.17) is 14.2 Å². The fraction of sp³-hybridized carbons (Fsp3) is 0.886. The third-order valence-electron chi connectivity index (χ3n) is 9.91. The maximum atomic E-state index is 12.6. The summed E-state index contributed by atoms with van der Waals surface area (Å²) >= 11 is 0. The molecule has 0 amide bonds. The summed E-state index contributed by atoms with van der Waals surface area (Å²) in [5.41, 5.74) is 0. The molecular formula is C44H84NO7+. The number of quaternary nitrogens is 1. The van der Waals surface area contributed by atoms with Gasteiger partial charge in [0.15, 0.2) is 12.1 Å². The van der Waals surface area contributed by atoms with Gasteiger partial charge >= 0.3 is 17.9 Å². The van der Waals surface area contributed by atoms with Gasteiger partial charge in [0.1, 0.15) is 6.61 Å². The third-order valence-corrected chi connectivity index (χ3v) is 9.91. The normalized spacial score (nSPS) is 13.0. The van der Waals surface area contributed by atoms with Crippen molar-refractivity contribution in [1.29, 1.82) is 0 Å². The molecule has 0 aliphatic rings. The zero-order valence-electron chi connectivity index (χ0n) is 34.8. The maximum absolute atomic E-state index is 12.6. The molecule has 52 heavy (non-hydrogen) atoms. The first-order valence-electron chi connectivity index (χ1n) is 21.7. The molecule has 0 saturated heterocycles. The largest absolute Gasteiger partial charge is 0.477 e. The minimum atomic E-state index is -0.875. The number of ether oxygens (including phenoxy) is 3. The summed E-state index contributed by atoms with van der Waals surface area (Å²) < 4.78 is 17.2. The van der Waals surface area contributed by atoms with Crippen molar-refractivity contribution in [2.24, 2.45) is 0 Å². The number of hydrogen-bond donors (Lipinski definition) is 1. The molecule has 0 fully saturated rings. The Morgan fingerprint density at radius 1 is 0.558 bits per heavy atom. The van der Waals surface area contributed by atoms with Crippen molar-refractivity contribution in [3.63, 3.8) is 0 Å². The van der Waals surface area contributed by atoms with Gasteiger partial charge in [0.2, 0.25) is 0 Å². The molecule has 1 N–H and O–H groups in total. The maximum Gasteiger partial charge on any atom is 0.362 e. The molecule has 306 valence electrons. The molecule has 0 spiro atoms. The first-order valence-corrected chi connectivity index (χ1v) is 21.7. The number of carbonyl (C=O) groups excluding carboxylic acids is 2. The molecule has 0 bridgehead atoms. The van der Waals surface area contributed by atoms with Gasteiger partial charge in [-0.15, -0.1) is 0 Å². The van der Waals surface area contributed by atoms with E-state index in [1.54, 1.807) is 0 Å². The molecule has 8 nitrogen and oxygen atoms in total. The molecular weight excluding hydrogens is 654 g/mol. The van der Waals surface area contributed by atoms with Crippen LogP contribution in [0.5, 0.6) is 0 Å². The van der Waals surface area contributed by atoms with Crippen molar-refractivity contribution in [3.8, 4) is 0 Å². The van der Waals surface area contributed by atoms with Crippen LogP contribution < -0.4 is 0 Å². The quantitative estimate of drug-likeness (QED) is 0.0290. The van der Waals surface area contributed by atoms with Crippen LogP contribution in [0.3, 0.4) is 0 Å². The number of carboxylic acids is 1. The van der Waals surface area contributed by atoms with Crippen LogP contribution in [0.4, 0.5) is 0 Å². The number of esters is 2. The molecule has 0 aromatic heterocycles. The fourth-order valence-electron chi connectivity index (χ4n) is 6.50. The van der Waals surface area contributed by atoms with Gasteiger partial charge in [-0.25, -0.2) is 4.79 Å². The van der Waals surface area contributed by atoms with Crippen LogP contribution in [0.25, 0.3) is 0 Å². The number of allylic oxidation sites excluding steroid dienone is 2. The number of carboxylic acid groups (broad SMARTS) is 1. The highest BCUT2D eigenvalue weighted by Gasteiger charge is 2.31. The van der Waals surface area contributed by atoms with Crippen LogP contribution in [0, 0.1) is 0 Å². The van der Waals surface area contributed by atoms with Crippen molar-refractivity contribution in [3.05, 3.63) is 12.2 Å². The lowest BCUT2D eigenvalue weighted by Gasteiger charge is -2.31. The molecule has 0 rings (SSSR count). The number of hydrogen-bond acceptors (Lipinski definition) is 6. The van der Waals surface area contributed by atoms with E-state index in [9.17, 15) is 19.5 Å². The number of unbranched alkanes of at least 4 members (excludes halogenated alkanes) is 23. The summed E-state index contributed by atoms with van der Waals surface area (Å²) in [6, 6.07) is -0.609. The minimum Gasteiger partial charge on any atom is -0.477 e. The minimum absolute atomic E-state index is 0.0486. The number of nitrogens with zero attached hydrogens (tertiary/aromatic N) is 1. The number of likely N-dealkylation sites (N-methyl/N-ethyl adjacent to an activating group) is 1. The Bertz CT molecular complexity index is 869. The lowest BCUT2D eigenvalue weighted by molar-refractivity contribution is -0.887. The van der Waals surface area contributed by atoms with E-state index in [2.05, 4.69) is 26.0 Å². The Morgan fingerprint density at radius 2 is 0.962 bits per heavy atom. The van der Waals surface area contributed by atoms with Crippen molar-refractivity contribution in [2.45, 2.75) is 212 Å². The smallest absolute Gasteiger partial charge is 0.362 e. The average Bonchev–Trinajstić information content (AvgIpc) is 3.09. The van der Waals surface area contributed by atoms with Crippen LogP contribution in [0.1, 0.15) is 200 Å². The molecule has 0 radical (unpaired) electrons. The second kappa shape index (κ2) is 36.1. The van der Waals surface area contributed by atoms with Gasteiger partial charge in [0.05, 0.1) is 34.4 Å². The second-order valence-electron chi connectivity index (χ2n) is 16.0. The zero-order valence-corrected chi connectivity index (χ0v) is 34.8. The van der Waals surface area contributed by atoms with Gasteiger partial charge in [-0.05, 0) is 38.5 Å². The number of rotatable bonds is 39. The highest BCUT2D eigenvalue weighted by molar-refractivity contribution is 5.72. The molecule has 0 aromatic carbocycles. The predicted octanol–water partition coefficient (Wildman–Crippen LogP) is 11.5. The molecule has 0 saturated carbocycles. The van der Waals surface area contributed by atoms with Gasteiger partial charge < -0.3 is 23.8 Å². The molecule has 0 aromatic rings. The average molecular weight is 739 g/mol. The number of aliphatic carboxylic acids is 1. The summed E-state index contributed by atoms with van der Waals surface area (Å²) in [5, 5.41) is 9.58. The van der Waals surface area contributed by atoms with E-state index in [0.29, 0.717) is 19.3 Å². The predicted molar refractivity (Wildman–Crippen MR) is 215 cm³/mol. The van der Waals surface area contributed by atoms with Crippen molar-refractivity contribution < 1.29 is 38.2 Å². The van der Waals surface area contributed by atoms with Gasteiger partial charge in [-0.2, -0.15) is 0 Å². The van der Waals surface area contributed by atoms with Crippen LogP contribution in [-0.2, 0) is 28.6 Å². The summed E-state index contributed by atoms with van der Waals surface area (Å²) in [5.74, 6) is -1.47. The Morgan fingerprint density at radius 3 is 1.38 bits per heavy atom. The first-order chi connectivity index (χ1) is 25.1. The van der Waals surface area contributed by atoms with E-state index >= 15 is 0 Å². The number of carbonyl (C=O) groups is 3. The lowest BCUT2D eigenvalue weighted by atomic mass is 10.1. The topological polar surface area (TPSA) is 99.1 Å². The first kappa shape index (κ1) is 50.1. The highest BCUT2D eigenvalue weighted by Crippen LogP contribution is 2.15. The fourth-order valence-corrected chi connectivity index (χ4v) is 6.50. The standard InChI is InChI=1S/C44H83NO7/c1-6-8-10-12-14-15-16-17-18-19-20-21-22-23-24-25-26-27-29-30-32-34-42(46)51-39-40(38-50-37-36-41(44(48)49)45(3,4)5)52-43(47)35-33-31-28-13-11-9-7-2/h21-22,40-41H,6-20,23-39H2,1-5H3/p+1/b22-21+. The Kier molecular flexibility index (Phi) is 34.7.